The molecule has 1 aromatic heterocycles. The first-order valence-electron chi connectivity index (χ1n) is 7.66. The topological polar surface area (TPSA) is 93.2 Å². The van der Waals surface area contributed by atoms with Gasteiger partial charge in [0.2, 0.25) is 0 Å². The smallest absolute Gasteiger partial charge is 0.333 e. The van der Waals surface area contributed by atoms with Crippen LogP contribution in [-0.2, 0) is 0 Å². The minimum absolute atomic E-state index is 0.239. The Morgan fingerprint density at radius 2 is 1.78 bits per heavy atom. The van der Waals surface area contributed by atoms with Crippen molar-refractivity contribution in [3.63, 3.8) is 0 Å². The largest absolute Gasteiger partial charge is 0.497 e. The van der Waals surface area contributed by atoms with Gasteiger partial charge >= 0.3 is 5.69 Å². The van der Waals surface area contributed by atoms with Gasteiger partial charge in [-0.3, -0.25) is 9.59 Å². The number of anilines is 1. The Bertz CT molecular complexity index is 1120. The van der Waals surface area contributed by atoms with E-state index >= 15 is 0 Å². The van der Waals surface area contributed by atoms with Gasteiger partial charge in [-0.05, 0) is 42.5 Å². The molecule has 27 heavy (non-hydrogen) atoms. The van der Waals surface area contributed by atoms with E-state index in [0.29, 0.717) is 22.1 Å². The Kier molecular flexibility index (Phi) is 5.34. The number of nitrogens with one attached hydrogen (secondary N) is 2. The molecule has 3 rings (SSSR count). The number of ether oxygens (including phenoxy) is 1. The fourth-order valence-electron chi connectivity index (χ4n) is 2.37. The molecule has 0 atom stereocenters. The van der Waals surface area contributed by atoms with Gasteiger partial charge in [-0.15, -0.1) is 0 Å². The van der Waals surface area contributed by atoms with Gasteiger partial charge in [-0.1, -0.05) is 23.2 Å². The zero-order chi connectivity index (χ0) is 19.6. The zero-order valence-corrected chi connectivity index (χ0v) is 15.5. The summed E-state index contributed by atoms with van der Waals surface area (Å²) >= 11 is 11.8. The molecule has 0 unspecified atom stereocenters. The number of amides is 1. The molecule has 1 heterocycles. The third-order valence-corrected chi connectivity index (χ3v) is 4.47. The second-order valence-electron chi connectivity index (χ2n) is 5.43. The lowest BCUT2D eigenvalue weighted by Gasteiger charge is -2.09. The standard InChI is InChI=1S/C18H13Cl2N3O4/c1-27-12-5-3-11(4-6-12)23-17(25)13(9-21-18(23)26)16(24)22-10-2-7-14(19)15(20)8-10/h2-9H,1H3,(H,21,26)(H,22,24). The highest BCUT2D eigenvalue weighted by Gasteiger charge is 2.16. The van der Waals surface area contributed by atoms with Crippen LogP contribution in [0.3, 0.4) is 0 Å². The molecule has 2 aromatic carbocycles. The molecule has 9 heteroatoms. The molecule has 0 bridgehead atoms. The number of carbonyl (C=O) groups excluding carboxylic acids is 1. The number of rotatable bonds is 4. The second kappa shape index (κ2) is 7.69. The van der Waals surface area contributed by atoms with Crippen molar-refractivity contribution in [1.82, 2.24) is 9.55 Å². The van der Waals surface area contributed by atoms with Crippen LogP contribution in [0.15, 0.2) is 58.3 Å². The van der Waals surface area contributed by atoms with E-state index in [1.165, 1.54) is 31.4 Å². The maximum absolute atomic E-state index is 12.7. The predicted octanol–water partition coefficient (Wildman–Crippen LogP) is 3.09. The Hall–Kier alpha value is -3.03. The number of halogens is 2. The van der Waals surface area contributed by atoms with Gasteiger partial charge < -0.3 is 15.0 Å². The van der Waals surface area contributed by atoms with E-state index in [1.54, 1.807) is 18.2 Å². The summed E-state index contributed by atoms with van der Waals surface area (Å²) in [7, 11) is 1.50. The number of benzene rings is 2. The average Bonchev–Trinajstić information content (AvgIpc) is 2.65. The van der Waals surface area contributed by atoms with E-state index < -0.39 is 17.2 Å². The Balaban J connectivity index is 1.98. The third-order valence-electron chi connectivity index (χ3n) is 3.73. The van der Waals surface area contributed by atoms with Crippen molar-refractivity contribution in [2.75, 3.05) is 12.4 Å². The molecule has 7 nitrogen and oxygen atoms in total. The first kappa shape index (κ1) is 18.8. The normalized spacial score (nSPS) is 10.5. The first-order chi connectivity index (χ1) is 12.9. The molecule has 0 spiro atoms. The van der Waals surface area contributed by atoms with Gasteiger partial charge in [-0.25, -0.2) is 9.36 Å². The van der Waals surface area contributed by atoms with Crippen LogP contribution in [0.1, 0.15) is 10.4 Å². The molecule has 0 saturated heterocycles. The maximum Gasteiger partial charge on any atom is 0.333 e. The van der Waals surface area contributed by atoms with Crippen molar-refractivity contribution in [1.29, 1.82) is 0 Å². The van der Waals surface area contributed by atoms with Gasteiger partial charge in [0, 0.05) is 11.9 Å². The molecule has 2 N–H and O–H groups in total. The van der Waals surface area contributed by atoms with E-state index in [0.717, 1.165) is 10.8 Å². The van der Waals surface area contributed by atoms with Crippen LogP contribution in [0, 0.1) is 0 Å². The molecule has 0 aliphatic heterocycles. The van der Waals surface area contributed by atoms with Gasteiger partial charge in [0.05, 0.1) is 22.8 Å². The molecule has 3 aromatic rings. The summed E-state index contributed by atoms with van der Waals surface area (Å²) in [6.45, 7) is 0. The fraction of sp³-hybridized carbons (Fsp3) is 0.0556. The average molecular weight is 406 g/mol. The molecular weight excluding hydrogens is 393 g/mol. The third kappa shape index (κ3) is 3.89. The van der Waals surface area contributed by atoms with E-state index in [9.17, 15) is 14.4 Å². The van der Waals surface area contributed by atoms with E-state index in [1.807, 2.05) is 0 Å². The number of carbonyl (C=O) groups is 1. The summed E-state index contributed by atoms with van der Waals surface area (Å²) in [6.07, 6.45) is 1.07. The summed E-state index contributed by atoms with van der Waals surface area (Å²) in [5.74, 6) is -0.131. The Labute approximate surface area is 163 Å². The lowest BCUT2D eigenvalue weighted by Crippen LogP contribution is -2.38. The van der Waals surface area contributed by atoms with E-state index in [-0.39, 0.29) is 10.6 Å². The van der Waals surface area contributed by atoms with E-state index in [2.05, 4.69) is 10.3 Å². The number of methoxy groups -OCH3 is 1. The van der Waals surface area contributed by atoms with Crippen LogP contribution >= 0.6 is 23.2 Å². The SMILES string of the molecule is COc1ccc(-n2c(=O)[nH]cc(C(=O)Nc3ccc(Cl)c(Cl)c3)c2=O)cc1. The number of hydrogen-bond donors (Lipinski definition) is 2. The van der Waals surface area contributed by atoms with Crippen LogP contribution in [-0.4, -0.2) is 22.6 Å². The molecule has 0 aliphatic rings. The summed E-state index contributed by atoms with van der Waals surface area (Å²) in [6, 6.07) is 10.8. The lowest BCUT2D eigenvalue weighted by atomic mass is 10.2. The van der Waals surface area contributed by atoms with Crippen molar-refractivity contribution >= 4 is 34.8 Å². The molecule has 0 aliphatic carbocycles. The molecule has 0 saturated carbocycles. The minimum atomic E-state index is -0.763. The number of nitrogens with zero attached hydrogens (tertiary/aromatic N) is 1. The molecule has 138 valence electrons. The summed E-state index contributed by atoms with van der Waals surface area (Å²) in [5, 5.41) is 3.14. The summed E-state index contributed by atoms with van der Waals surface area (Å²) in [5.41, 5.74) is -1.02. The van der Waals surface area contributed by atoms with Crippen LogP contribution in [0.4, 0.5) is 5.69 Å². The van der Waals surface area contributed by atoms with Crippen molar-refractivity contribution < 1.29 is 9.53 Å². The maximum atomic E-state index is 12.7. The Morgan fingerprint density at radius 3 is 2.41 bits per heavy atom. The highest BCUT2D eigenvalue weighted by atomic mass is 35.5. The van der Waals surface area contributed by atoms with Crippen LogP contribution in [0.5, 0.6) is 5.75 Å². The fourth-order valence-corrected chi connectivity index (χ4v) is 2.67. The predicted molar refractivity (Wildman–Crippen MR) is 104 cm³/mol. The number of H-pyrrole nitrogens is 1. The summed E-state index contributed by atoms with van der Waals surface area (Å²) < 4.78 is 5.92. The van der Waals surface area contributed by atoms with Gasteiger partial charge in [0.15, 0.2) is 0 Å². The highest BCUT2D eigenvalue weighted by Crippen LogP contribution is 2.25. The zero-order valence-electron chi connectivity index (χ0n) is 14.0. The highest BCUT2D eigenvalue weighted by molar-refractivity contribution is 6.42. The van der Waals surface area contributed by atoms with Gasteiger partial charge in [0.1, 0.15) is 11.3 Å². The minimum Gasteiger partial charge on any atom is -0.497 e. The van der Waals surface area contributed by atoms with Crippen LogP contribution in [0.25, 0.3) is 5.69 Å². The first-order valence-corrected chi connectivity index (χ1v) is 8.42. The van der Waals surface area contributed by atoms with Crippen molar-refractivity contribution in [3.8, 4) is 11.4 Å². The van der Waals surface area contributed by atoms with Gasteiger partial charge in [-0.2, -0.15) is 0 Å². The number of hydrogen-bond acceptors (Lipinski definition) is 4. The van der Waals surface area contributed by atoms with E-state index in [4.69, 9.17) is 27.9 Å². The summed E-state index contributed by atoms with van der Waals surface area (Å²) in [4.78, 5) is 39.7. The monoisotopic (exact) mass is 405 g/mol. The van der Waals surface area contributed by atoms with Crippen LogP contribution in [0.2, 0.25) is 10.0 Å². The molecular formula is C18H13Cl2N3O4. The molecule has 1 amide bonds. The lowest BCUT2D eigenvalue weighted by molar-refractivity contribution is 0.102. The number of aromatic nitrogens is 2. The molecule has 0 radical (unpaired) electrons. The quantitative estimate of drug-likeness (QED) is 0.697. The van der Waals surface area contributed by atoms with Crippen LogP contribution < -0.4 is 21.3 Å². The van der Waals surface area contributed by atoms with Crippen molar-refractivity contribution in [2.45, 2.75) is 0 Å². The Morgan fingerprint density at radius 1 is 1.07 bits per heavy atom. The number of aromatic amines is 1. The molecule has 0 fully saturated rings. The second-order valence-corrected chi connectivity index (χ2v) is 6.24. The van der Waals surface area contributed by atoms with Gasteiger partial charge in [0.25, 0.3) is 11.5 Å². The van der Waals surface area contributed by atoms with Crippen molar-refractivity contribution in [3.05, 3.63) is 85.1 Å². The van der Waals surface area contributed by atoms with Crippen molar-refractivity contribution in [2.24, 2.45) is 0 Å².